The normalized spacial score (nSPS) is 9.80. The fourth-order valence-electron chi connectivity index (χ4n) is 1.06. The van der Waals surface area contributed by atoms with Crippen LogP contribution in [0.1, 0.15) is 13.8 Å². The zero-order valence-corrected chi connectivity index (χ0v) is 9.43. The van der Waals surface area contributed by atoms with Crippen molar-refractivity contribution in [3.63, 3.8) is 0 Å². The molecule has 0 aromatic carbocycles. The highest BCUT2D eigenvalue weighted by Crippen LogP contribution is 2.06. The molecule has 0 saturated carbocycles. The van der Waals surface area contributed by atoms with Gasteiger partial charge in [0, 0.05) is 19.7 Å². The molecule has 1 aromatic rings. The van der Waals surface area contributed by atoms with Crippen molar-refractivity contribution in [2.24, 2.45) is 0 Å². The number of aromatic nitrogens is 1. The van der Waals surface area contributed by atoms with Gasteiger partial charge in [0.1, 0.15) is 6.54 Å². The van der Waals surface area contributed by atoms with Crippen molar-refractivity contribution in [1.29, 1.82) is 0 Å². The van der Waals surface area contributed by atoms with Crippen LogP contribution in [0, 0.1) is 0 Å². The molecule has 0 fully saturated rings. The van der Waals surface area contributed by atoms with Crippen molar-refractivity contribution < 1.29 is 14.1 Å². The lowest BCUT2D eigenvalue weighted by atomic mass is 10.4. The Bertz CT molecular complexity index is 339. The average Bonchev–Trinajstić information content (AvgIpc) is 2.28. The molecule has 4 nitrogen and oxygen atoms in total. The Morgan fingerprint density at radius 2 is 2.27 bits per heavy atom. The van der Waals surface area contributed by atoms with E-state index in [1.54, 1.807) is 19.3 Å². The Morgan fingerprint density at radius 1 is 1.53 bits per heavy atom. The van der Waals surface area contributed by atoms with E-state index in [1.807, 2.05) is 30.7 Å². The third-order valence-electron chi connectivity index (χ3n) is 2.19. The molecule has 0 aliphatic rings. The molecule has 0 atom stereocenters. The summed E-state index contributed by atoms with van der Waals surface area (Å²) in [6, 6.07) is 3.63. The van der Waals surface area contributed by atoms with Crippen LogP contribution in [0.3, 0.4) is 0 Å². The van der Waals surface area contributed by atoms with E-state index < -0.39 is 0 Å². The fraction of sp³-hybridized carbons (Fsp3) is 0.455. The first-order valence-electron chi connectivity index (χ1n) is 5.09. The molecule has 1 rings (SSSR count). The molecule has 0 bridgehead atoms. The zero-order valence-electron chi connectivity index (χ0n) is 9.43. The van der Waals surface area contributed by atoms with Crippen molar-refractivity contribution in [2.45, 2.75) is 20.4 Å². The molecule has 0 unspecified atom stereocenters. The molecule has 1 amide bonds. The van der Waals surface area contributed by atoms with Gasteiger partial charge in [0.2, 0.25) is 6.20 Å². The van der Waals surface area contributed by atoms with Crippen LogP contribution < -0.4 is 9.30 Å². The molecule has 0 N–H and O–H groups in total. The van der Waals surface area contributed by atoms with Gasteiger partial charge in [-0.05, 0) is 19.9 Å². The zero-order chi connectivity index (χ0) is 11.3. The van der Waals surface area contributed by atoms with E-state index in [0.29, 0.717) is 12.3 Å². The smallest absolute Gasteiger partial charge is 0.404 e. The van der Waals surface area contributed by atoms with Gasteiger partial charge >= 0.3 is 6.09 Å². The summed E-state index contributed by atoms with van der Waals surface area (Å²) >= 11 is 0. The van der Waals surface area contributed by atoms with Crippen molar-refractivity contribution in [3.05, 3.63) is 24.5 Å². The second-order valence-corrected chi connectivity index (χ2v) is 3.25. The maximum absolute atomic E-state index is 11.4. The number of hydrogen-bond acceptors (Lipinski definition) is 2. The highest BCUT2D eigenvalue weighted by atomic mass is 16.6. The Balaban J connectivity index is 2.68. The summed E-state index contributed by atoms with van der Waals surface area (Å²) in [5, 5.41) is 0. The summed E-state index contributed by atoms with van der Waals surface area (Å²) in [4.78, 5) is 13.0. The van der Waals surface area contributed by atoms with Gasteiger partial charge in [0.05, 0.1) is 0 Å². The van der Waals surface area contributed by atoms with Gasteiger partial charge in [0.25, 0.3) is 0 Å². The molecular weight excluding hydrogens is 192 g/mol. The van der Waals surface area contributed by atoms with E-state index in [9.17, 15) is 4.79 Å². The van der Waals surface area contributed by atoms with E-state index in [4.69, 9.17) is 4.74 Å². The van der Waals surface area contributed by atoms with Crippen LogP contribution in [-0.2, 0) is 6.54 Å². The lowest BCUT2D eigenvalue weighted by Gasteiger charge is -2.13. The summed E-state index contributed by atoms with van der Waals surface area (Å²) in [5.41, 5.74) is 0. The number of amides is 1. The maximum Gasteiger partial charge on any atom is 0.415 e. The first-order valence-corrected chi connectivity index (χ1v) is 5.09. The minimum Gasteiger partial charge on any atom is -0.404 e. The number of hydrogen-bond donors (Lipinski definition) is 0. The van der Waals surface area contributed by atoms with Crippen LogP contribution in [0.2, 0.25) is 0 Å². The molecule has 0 spiro atoms. The number of ether oxygens (including phenoxy) is 1. The van der Waals surface area contributed by atoms with Crippen LogP contribution in [0.25, 0.3) is 0 Å². The number of rotatable bonds is 3. The van der Waals surface area contributed by atoms with Gasteiger partial charge in [-0.15, -0.1) is 0 Å². The van der Waals surface area contributed by atoms with Gasteiger partial charge in [-0.1, -0.05) is 0 Å². The maximum atomic E-state index is 11.4. The molecule has 0 aliphatic carbocycles. The molecule has 0 saturated heterocycles. The van der Waals surface area contributed by atoms with Gasteiger partial charge in [-0.3, -0.25) is 0 Å². The second kappa shape index (κ2) is 5.34. The molecular formula is C11H17N2O2+. The number of carbonyl (C=O) groups excluding carboxylic acids is 1. The highest BCUT2D eigenvalue weighted by molar-refractivity contribution is 5.69. The van der Waals surface area contributed by atoms with E-state index >= 15 is 0 Å². The minimum atomic E-state index is -0.327. The van der Waals surface area contributed by atoms with Gasteiger partial charge in [-0.25, -0.2) is 9.36 Å². The van der Waals surface area contributed by atoms with Gasteiger partial charge < -0.3 is 9.64 Å². The van der Waals surface area contributed by atoms with Crippen molar-refractivity contribution in [1.82, 2.24) is 4.90 Å². The Hall–Kier alpha value is -1.58. The standard InChI is InChI=1S/C11H17N2O2/c1-4-12(3)11(14)15-10-7-6-8-13(5-2)9-10/h6-9H,4-5H2,1-3H3/q+1. The van der Waals surface area contributed by atoms with Crippen LogP contribution in [0.15, 0.2) is 24.5 Å². The number of pyridine rings is 1. The fourth-order valence-corrected chi connectivity index (χ4v) is 1.06. The predicted octanol–water partition coefficient (Wildman–Crippen LogP) is 1.44. The summed E-state index contributed by atoms with van der Waals surface area (Å²) in [7, 11) is 1.71. The molecule has 82 valence electrons. The Labute approximate surface area is 90.1 Å². The monoisotopic (exact) mass is 209 g/mol. The Morgan fingerprint density at radius 3 is 2.87 bits per heavy atom. The van der Waals surface area contributed by atoms with Gasteiger partial charge in [0.15, 0.2) is 11.9 Å². The third kappa shape index (κ3) is 3.23. The van der Waals surface area contributed by atoms with E-state index in [0.717, 1.165) is 6.54 Å². The number of aryl methyl sites for hydroxylation is 1. The minimum absolute atomic E-state index is 0.327. The predicted molar refractivity (Wildman–Crippen MR) is 56.6 cm³/mol. The molecule has 0 aliphatic heterocycles. The third-order valence-corrected chi connectivity index (χ3v) is 2.19. The lowest BCUT2D eigenvalue weighted by molar-refractivity contribution is -0.693. The first-order chi connectivity index (χ1) is 7.17. The Kier molecular flexibility index (Phi) is 4.09. The first kappa shape index (κ1) is 11.5. The van der Waals surface area contributed by atoms with Crippen molar-refractivity contribution >= 4 is 6.09 Å². The van der Waals surface area contributed by atoms with Crippen LogP contribution in [-0.4, -0.2) is 24.6 Å². The molecule has 15 heavy (non-hydrogen) atoms. The molecule has 0 radical (unpaired) electrons. The summed E-state index contributed by atoms with van der Waals surface area (Å²) in [6.07, 6.45) is 3.41. The summed E-state index contributed by atoms with van der Waals surface area (Å²) < 4.78 is 7.13. The van der Waals surface area contributed by atoms with Crippen LogP contribution in [0.4, 0.5) is 4.79 Å². The SMILES string of the molecule is CCN(C)C(=O)Oc1ccc[n+](CC)c1. The van der Waals surface area contributed by atoms with E-state index in [1.165, 1.54) is 4.90 Å². The largest absolute Gasteiger partial charge is 0.415 e. The van der Waals surface area contributed by atoms with Gasteiger partial charge in [-0.2, -0.15) is 0 Å². The highest BCUT2D eigenvalue weighted by Gasteiger charge is 2.10. The van der Waals surface area contributed by atoms with Crippen molar-refractivity contribution in [2.75, 3.05) is 13.6 Å². The van der Waals surface area contributed by atoms with Crippen LogP contribution >= 0.6 is 0 Å². The summed E-state index contributed by atoms with van der Waals surface area (Å²) in [6.45, 7) is 5.43. The van der Waals surface area contributed by atoms with Crippen LogP contribution in [0.5, 0.6) is 5.75 Å². The molecule has 1 aromatic heterocycles. The quantitative estimate of drug-likeness (QED) is 0.706. The molecule has 4 heteroatoms. The number of carbonyl (C=O) groups is 1. The van der Waals surface area contributed by atoms with E-state index in [2.05, 4.69) is 0 Å². The van der Waals surface area contributed by atoms with Crippen molar-refractivity contribution in [3.8, 4) is 5.75 Å². The topological polar surface area (TPSA) is 33.4 Å². The summed E-state index contributed by atoms with van der Waals surface area (Å²) in [5.74, 6) is 0.574. The van der Waals surface area contributed by atoms with E-state index in [-0.39, 0.29) is 6.09 Å². The second-order valence-electron chi connectivity index (χ2n) is 3.25. The lowest BCUT2D eigenvalue weighted by Crippen LogP contribution is -2.33. The average molecular weight is 209 g/mol. The number of nitrogens with zero attached hydrogens (tertiary/aromatic N) is 2. The molecule has 1 heterocycles.